The molecule has 5 heteroatoms. The van der Waals surface area contributed by atoms with Gasteiger partial charge in [0.15, 0.2) is 6.61 Å². The van der Waals surface area contributed by atoms with Crippen LogP contribution < -0.4 is 10.1 Å². The van der Waals surface area contributed by atoms with Crippen LogP contribution in [0.3, 0.4) is 0 Å². The summed E-state index contributed by atoms with van der Waals surface area (Å²) in [4.78, 5) is 12.0. The Morgan fingerprint density at radius 1 is 1.23 bits per heavy atom. The minimum absolute atomic E-state index is 0.0629. The predicted molar refractivity (Wildman–Crippen MR) is 93.9 cm³/mol. The molecule has 0 bridgehead atoms. The van der Waals surface area contributed by atoms with Gasteiger partial charge in [0.05, 0.1) is 10.7 Å². The molecule has 0 saturated carbocycles. The summed E-state index contributed by atoms with van der Waals surface area (Å²) in [6.07, 6.45) is 0. The van der Waals surface area contributed by atoms with Crippen LogP contribution in [0.1, 0.15) is 16.7 Å². The quantitative estimate of drug-likeness (QED) is 0.804. The van der Waals surface area contributed by atoms with Crippen molar-refractivity contribution in [3.8, 4) is 5.75 Å². The standard InChI is InChI=1S/C17H17BrClNO2/c1-10-8-15(11(2)12(3)17(10)18)22-9-16(21)20-14-7-5-4-6-13(14)19/h4-8H,9H2,1-3H3,(H,20,21). The molecule has 0 atom stereocenters. The molecule has 0 aliphatic heterocycles. The first-order valence-corrected chi connectivity index (χ1v) is 8.00. The molecule has 1 N–H and O–H groups in total. The van der Waals surface area contributed by atoms with E-state index in [2.05, 4.69) is 21.2 Å². The first kappa shape index (κ1) is 16.8. The summed E-state index contributed by atoms with van der Waals surface area (Å²) >= 11 is 9.56. The van der Waals surface area contributed by atoms with Gasteiger partial charge in [-0.25, -0.2) is 0 Å². The second-order valence-corrected chi connectivity index (χ2v) is 6.27. The van der Waals surface area contributed by atoms with Gasteiger partial charge in [0.1, 0.15) is 5.75 Å². The van der Waals surface area contributed by atoms with E-state index in [9.17, 15) is 4.79 Å². The van der Waals surface area contributed by atoms with E-state index in [0.29, 0.717) is 16.5 Å². The number of para-hydroxylation sites is 1. The summed E-state index contributed by atoms with van der Waals surface area (Å²) in [5.74, 6) is 0.471. The smallest absolute Gasteiger partial charge is 0.262 e. The molecule has 2 aromatic rings. The van der Waals surface area contributed by atoms with E-state index in [4.69, 9.17) is 16.3 Å². The topological polar surface area (TPSA) is 38.3 Å². The normalized spacial score (nSPS) is 10.4. The van der Waals surface area contributed by atoms with Gasteiger partial charge in [-0.15, -0.1) is 0 Å². The highest BCUT2D eigenvalue weighted by Crippen LogP contribution is 2.31. The largest absolute Gasteiger partial charge is 0.483 e. The van der Waals surface area contributed by atoms with Gasteiger partial charge in [0.25, 0.3) is 5.91 Å². The lowest BCUT2D eigenvalue weighted by atomic mass is 10.1. The number of benzene rings is 2. The lowest BCUT2D eigenvalue weighted by Gasteiger charge is -2.14. The molecule has 0 radical (unpaired) electrons. The number of aryl methyl sites for hydroxylation is 1. The van der Waals surface area contributed by atoms with Crippen molar-refractivity contribution in [3.05, 3.63) is 56.5 Å². The van der Waals surface area contributed by atoms with Gasteiger partial charge in [0.2, 0.25) is 0 Å². The van der Waals surface area contributed by atoms with Crippen LogP contribution in [0.4, 0.5) is 5.69 Å². The molecule has 2 rings (SSSR count). The van der Waals surface area contributed by atoms with Crippen LogP contribution >= 0.6 is 27.5 Å². The molecule has 2 aromatic carbocycles. The first-order valence-electron chi connectivity index (χ1n) is 6.83. The molecule has 116 valence electrons. The fourth-order valence-electron chi connectivity index (χ4n) is 2.06. The summed E-state index contributed by atoms with van der Waals surface area (Å²) in [6.45, 7) is 5.92. The number of carbonyl (C=O) groups is 1. The zero-order chi connectivity index (χ0) is 16.3. The molecule has 0 spiro atoms. The van der Waals surface area contributed by atoms with Crippen LogP contribution in [0.5, 0.6) is 5.75 Å². The second kappa shape index (κ2) is 7.16. The van der Waals surface area contributed by atoms with Gasteiger partial charge in [-0.2, -0.15) is 0 Å². The van der Waals surface area contributed by atoms with E-state index < -0.39 is 0 Å². The molecular formula is C17H17BrClNO2. The average Bonchev–Trinajstić information content (AvgIpc) is 2.50. The molecule has 22 heavy (non-hydrogen) atoms. The zero-order valence-corrected chi connectivity index (χ0v) is 15.0. The Morgan fingerprint density at radius 2 is 1.91 bits per heavy atom. The fraction of sp³-hybridized carbons (Fsp3) is 0.235. The summed E-state index contributed by atoms with van der Waals surface area (Å²) in [5, 5.41) is 3.24. The molecule has 0 aliphatic carbocycles. The van der Waals surface area contributed by atoms with Gasteiger partial charge in [-0.3, -0.25) is 4.79 Å². The number of amides is 1. The molecule has 0 fully saturated rings. The first-order chi connectivity index (χ1) is 10.4. The van der Waals surface area contributed by atoms with Gasteiger partial charge in [0, 0.05) is 4.47 Å². The maximum Gasteiger partial charge on any atom is 0.262 e. The van der Waals surface area contributed by atoms with Gasteiger partial charge in [-0.05, 0) is 55.7 Å². The third kappa shape index (κ3) is 3.81. The van der Waals surface area contributed by atoms with Crippen molar-refractivity contribution in [2.24, 2.45) is 0 Å². The van der Waals surface area contributed by atoms with Gasteiger partial charge in [-0.1, -0.05) is 39.7 Å². The third-order valence-electron chi connectivity index (χ3n) is 3.46. The highest BCUT2D eigenvalue weighted by Gasteiger charge is 2.11. The van der Waals surface area contributed by atoms with Crippen LogP contribution in [0.25, 0.3) is 0 Å². The van der Waals surface area contributed by atoms with Crippen molar-refractivity contribution < 1.29 is 9.53 Å². The predicted octanol–water partition coefficient (Wildman–Crippen LogP) is 5.05. The second-order valence-electron chi connectivity index (χ2n) is 5.07. The molecule has 0 saturated heterocycles. The maximum atomic E-state index is 12.0. The maximum absolute atomic E-state index is 12.0. The van der Waals surface area contributed by atoms with Crippen LogP contribution in [0.15, 0.2) is 34.8 Å². The Labute approximate surface area is 143 Å². The number of hydrogen-bond donors (Lipinski definition) is 1. The Morgan fingerprint density at radius 3 is 2.59 bits per heavy atom. The SMILES string of the molecule is Cc1cc(OCC(=O)Nc2ccccc2Cl)c(C)c(C)c1Br. The molecule has 0 heterocycles. The van der Waals surface area contributed by atoms with Gasteiger partial charge < -0.3 is 10.1 Å². The van der Waals surface area contributed by atoms with Crippen LogP contribution in [-0.4, -0.2) is 12.5 Å². The lowest BCUT2D eigenvalue weighted by Crippen LogP contribution is -2.20. The highest BCUT2D eigenvalue weighted by molar-refractivity contribution is 9.10. The number of ether oxygens (including phenoxy) is 1. The van der Waals surface area contributed by atoms with Crippen LogP contribution in [0, 0.1) is 20.8 Å². The Bertz CT molecular complexity index is 716. The van der Waals surface area contributed by atoms with E-state index >= 15 is 0 Å². The summed E-state index contributed by atoms with van der Waals surface area (Å²) in [5.41, 5.74) is 3.78. The molecule has 1 amide bonds. The van der Waals surface area contributed by atoms with Crippen molar-refractivity contribution in [1.29, 1.82) is 0 Å². The van der Waals surface area contributed by atoms with Crippen molar-refractivity contribution in [2.45, 2.75) is 20.8 Å². The van der Waals surface area contributed by atoms with Crippen molar-refractivity contribution in [3.63, 3.8) is 0 Å². The van der Waals surface area contributed by atoms with E-state index in [1.807, 2.05) is 39.0 Å². The van der Waals surface area contributed by atoms with Gasteiger partial charge >= 0.3 is 0 Å². The third-order valence-corrected chi connectivity index (χ3v) is 5.01. The van der Waals surface area contributed by atoms with E-state index in [1.54, 1.807) is 12.1 Å². The molecule has 0 aliphatic rings. The number of carbonyl (C=O) groups excluding carboxylic acids is 1. The van der Waals surface area contributed by atoms with E-state index in [-0.39, 0.29) is 12.5 Å². The Hall–Kier alpha value is -1.52. The fourth-order valence-corrected chi connectivity index (χ4v) is 2.65. The average molecular weight is 383 g/mol. The van der Waals surface area contributed by atoms with Crippen molar-refractivity contribution in [2.75, 3.05) is 11.9 Å². The summed E-state index contributed by atoms with van der Waals surface area (Å²) in [6, 6.07) is 9.03. The van der Waals surface area contributed by atoms with Crippen molar-refractivity contribution in [1.82, 2.24) is 0 Å². The number of anilines is 1. The van der Waals surface area contributed by atoms with Crippen molar-refractivity contribution >= 4 is 39.1 Å². The van der Waals surface area contributed by atoms with E-state index in [0.717, 1.165) is 21.2 Å². The summed E-state index contributed by atoms with van der Waals surface area (Å²) in [7, 11) is 0. The number of hydrogen-bond acceptors (Lipinski definition) is 2. The Kier molecular flexibility index (Phi) is 5.48. The highest BCUT2D eigenvalue weighted by atomic mass is 79.9. The molecule has 0 aromatic heterocycles. The lowest BCUT2D eigenvalue weighted by molar-refractivity contribution is -0.118. The number of nitrogens with one attached hydrogen (secondary N) is 1. The Balaban J connectivity index is 2.05. The molecule has 0 unspecified atom stereocenters. The minimum atomic E-state index is -0.245. The zero-order valence-electron chi connectivity index (χ0n) is 12.7. The van der Waals surface area contributed by atoms with E-state index in [1.165, 1.54) is 0 Å². The van der Waals surface area contributed by atoms with Crippen LogP contribution in [-0.2, 0) is 4.79 Å². The minimum Gasteiger partial charge on any atom is -0.483 e. The summed E-state index contributed by atoms with van der Waals surface area (Å²) < 4.78 is 6.72. The molecule has 3 nitrogen and oxygen atoms in total. The molecular weight excluding hydrogens is 366 g/mol. The number of rotatable bonds is 4. The monoisotopic (exact) mass is 381 g/mol. The van der Waals surface area contributed by atoms with Crippen LogP contribution in [0.2, 0.25) is 5.02 Å². The number of halogens is 2.